The van der Waals surface area contributed by atoms with Crippen molar-refractivity contribution < 1.29 is 4.39 Å². The maximum Gasteiger partial charge on any atom is 0.145 e. The molecule has 1 heterocycles. The Morgan fingerprint density at radius 2 is 2.22 bits per heavy atom. The molecular formula is C13H14ClFN2S. The van der Waals surface area contributed by atoms with E-state index >= 15 is 0 Å². The van der Waals surface area contributed by atoms with Crippen LogP contribution in [0.4, 0.5) is 4.39 Å². The molecule has 2 nitrogen and oxygen atoms in total. The summed E-state index contributed by atoms with van der Waals surface area (Å²) in [5.41, 5.74) is 4.40. The van der Waals surface area contributed by atoms with Gasteiger partial charge in [-0.25, -0.2) is 4.39 Å². The fraction of sp³-hybridized carbons (Fsp3) is 0.231. The predicted molar refractivity (Wildman–Crippen MR) is 74.2 cm³/mol. The lowest BCUT2D eigenvalue weighted by molar-refractivity contribution is 0.529. The van der Waals surface area contributed by atoms with Gasteiger partial charge in [0.05, 0.1) is 11.1 Å². The Kier molecular flexibility index (Phi) is 4.35. The minimum atomic E-state index is -0.368. The van der Waals surface area contributed by atoms with Crippen molar-refractivity contribution in [3.63, 3.8) is 0 Å². The Morgan fingerprint density at radius 3 is 2.83 bits per heavy atom. The van der Waals surface area contributed by atoms with E-state index in [4.69, 9.17) is 17.4 Å². The lowest BCUT2D eigenvalue weighted by atomic mass is 10.00. The molecule has 0 aliphatic heterocycles. The van der Waals surface area contributed by atoms with Gasteiger partial charge in [-0.3, -0.25) is 11.3 Å². The van der Waals surface area contributed by atoms with Crippen molar-refractivity contribution in [2.45, 2.75) is 19.4 Å². The smallest absolute Gasteiger partial charge is 0.145 e. The number of nitrogens with two attached hydrogens (primary N) is 1. The number of hydrazine groups is 1. The van der Waals surface area contributed by atoms with Crippen LogP contribution in [0.5, 0.6) is 0 Å². The zero-order valence-corrected chi connectivity index (χ0v) is 11.5. The second-order valence-corrected chi connectivity index (χ2v) is 5.60. The van der Waals surface area contributed by atoms with Gasteiger partial charge in [-0.05, 0) is 42.0 Å². The fourth-order valence-electron chi connectivity index (χ4n) is 1.94. The van der Waals surface area contributed by atoms with Crippen molar-refractivity contribution in [1.29, 1.82) is 0 Å². The predicted octanol–water partition coefficient (Wildman–Crippen LogP) is 3.60. The highest BCUT2D eigenvalue weighted by atomic mass is 35.5. The summed E-state index contributed by atoms with van der Waals surface area (Å²) in [7, 11) is 0. The molecule has 0 saturated carbocycles. The zero-order chi connectivity index (χ0) is 13.1. The van der Waals surface area contributed by atoms with Gasteiger partial charge in [0.15, 0.2) is 0 Å². The maximum absolute atomic E-state index is 13.8. The summed E-state index contributed by atoms with van der Waals surface area (Å²) < 4.78 is 13.8. The second kappa shape index (κ2) is 5.80. The number of benzene rings is 1. The quantitative estimate of drug-likeness (QED) is 0.665. The minimum absolute atomic E-state index is 0.107. The van der Waals surface area contributed by atoms with Crippen LogP contribution in [0.25, 0.3) is 0 Å². The molecule has 0 aliphatic rings. The summed E-state index contributed by atoms with van der Waals surface area (Å²) in [5, 5.41) is 2.15. The molecule has 0 fully saturated rings. The summed E-state index contributed by atoms with van der Waals surface area (Å²) in [6, 6.07) is 6.92. The molecule has 2 rings (SSSR count). The Balaban J connectivity index is 2.26. The van der Waals surface area contributed by atoms with Crippen molar-refractivity contribution >= 4 is 22.9 Å². The van der Waals surface area contributed by atoms with Crippen molar-refractivity contribution in [3.8, 4) is 0 Å². The van der Waals surface area contributed by atoms with E-state index in [-0.39, 0.29) is 16.9 Å². The fourth-order valence-corrected chi connectivity index (χ4v) is 2.90. The molecule has 96 valence electrons. The van der Waals surface area contributed by atoms with Gasteiger partial charge in [-0.1, -0.05) is 23.7 Å². The number of hydrogen-bond donors (Lipinski definition) is 2. The number of nitrogens with one attached hydrogen (secondary N) is 1. The van der Waals surface area contributed by atoms with Gasteiger partial charge in [0.1, 0.15) is 5.82 Å². The molecule has 0 spiro atoms. The molecule has 1 aromatic heterocycles. The lowest BCUT2D eigenvalue weighted by Gasteiger charge is -2.16. The Bertz CT molecular complexity index is 542. The van der Waals surface area contributed by atoms with E-state index in [0.29, 0.717) is 12.0 Å². The van der Waals surface area contributed by atoms with E-state index in [1.165, 1.54) is 4.88 Å². The number of rotatable bonds is 4. The molecule has 18 heavy (non-hydrogen) atoms. The second-order valence-electron chi connectivity index (χ2n) is 4.07. The monoisotopic (exact) mass is 284 g/mol. The topological polar surface area (TPSA) is 38.0 Å². The van der Waals surface area contributed by atoms with Crippen molar-refractivity contribution in [2.75, 3.05) is 0 Å². The first kappa shape index (κ1) is 13.5. The highest BCUT2D eigenvalue weighted by Gasteiger charge is 2.16. The molecule has 0 amide bonds. The first-order valence-corrected chi connectivity index (χ1v) is 6.82. The van der Waals surface area contributed by atoms with Crippen molar-refractivity contribution in [2.24, 2.45) is 5.84 Å². The maximum atomic E-state index is 13.8. The molecule has 2 aromatic rings. The van der Waals surface area contributed by atoms with E-state index in [2.05, 4.69) is 5.43 Å². The molecule has 1 atom stereocenters. The van der Waals surface area contributed by atoms with Crippen LogP contribution in [0.1, 0.15) is 22.0 Å². The molecule has 5 heteroatoms. The minimum Gasteiger partial charge on any atom is -0.271 e. The van der Waals surface area contributed by atoms with Crippen LogP contribution in [-0.2, 0) is 6.42 Å². The molecule has 0 aliphatic carbocycles. The third-order valence-electron chi connectivity index (χ3n) is 2.93. The first-order valence-electron chi connectivity index (χ1n) is 5.56. The van der Waals surface area contributed by atoms with Gasteiger partial charge in [0.2, 0.25) is 0 Å². The standard InChI is InChI=1S/C13H14ClFN2S/c1-8-10(5-6-18-8)12(17-16)7-9-3-2-4-11(14)13(9)15/h2-6,12,17H,7,16H2,1H3. The van der Waals surface area contributed by atoms with E-state index < -0.39 is 0 Å². The molecule has 1 aromatic carbocycles. The van der Waals surface area contributed by atoms with Crippen LogP contribution >= 0.6 is 22.9 Å². The SMILES string of the molecule is Cc1sccc1C(Cc1cccc(Cl)c1F)NN. The van der Waals surface area contributed by atoms with E-state index in [0.717, 1.165) is 5.56 Å². The normalized spacial score (nSPS) is 12.7. The van der Waals surface area contributed by atoms with E-state index in [1.807, 2.05) is 18.4 Å². The van der Waals surface area contributed by atoms with Crippen molar-refractivity contribution in [3.05, 3.63) is 56.5 Å². The number of halogens is 2. The van der Waals surface area contributed by atoms with Gasteiger partial charge in [-0.15, -0.1) is 11.3 Å². The van der Waals surface area contributed by atoms with Gasteiger partial charge in [0, 0.05) is 4.88 Å². The average Bonchev–Trinajstić information content (AvgIpc) is 2.77. The Hall–Kier alpha value is -0.940. The summed E-state index contributed by atoms with van der Waals surface area (Å²) >= 11 is 7.42. The highest BCUT2D eigenvalue weighted by Crippen LogP contribution is 2.27. The molecule has 0 saturated heterocycles. The summed E-state index contributed by atoms with van der Waals surface area (Å²) in [5.74, 6) is 5.20. The largest absolute Gasteiger partial charge is 0.271 e. The summed E-state index contributed by atoms with van der Waals surface area (Å²) in [4.78, 5) is 1.18. The van der Waals surface area contributed by atoms with Gasteiger partial charge >= 0.3 is 0 Å². The summed E-state index contributed by atoms with van der Waals surface area (Å²) in [6.45, 7) is 2.03. The number of aryl methyl sites for hydroxylation is 1. The highest BCUT2D eigenvalue weighted by molar-refractivity contribution is 7.10. The lowest BCUT2D eigenvalue weighted by Crippen LogP contribution is -2.30. The summed E-state index contributed by atoms with van der Waals surface area (Å²) in [6.07, 6.45) is 0.473. The van der Waals surface area contributed by atoms with Crippen LogP contribution in [0, 0.1) is 12.7 Å². The van der Waals surface area contributed by atoms with E-state index in [1.54, 1.807) is 29.5 Å². The number of thiophene rings is 1. The number of hydrogen-bond acceptors (Lipinski definition) is 3. The molecule has 1 unspecified atom stereocenters. The molecule has 0 bridgehead atoms. The van der Waals surface area contributed by atoms with E-state index in [9.17, 15) is 4.39 Å². The van der Waals surface area contributed by atoms with Crippen LogP contribution < -0.4 is 11.3 Å². The van der Waals surface area contributed by atoms with Gasteiger partial charge < -0.3 is 0 Å². The molecular weight excluding hydrogens is 271 g/mol. The van der Waals surface area contributed by atoms with Crippen LogP contribution in [0.2, 0.25) is 5.02 Å². The average molecular weight is 285 g/mol. The Labute approximate surface area is 115 Å². The van der Waals surface area contributed by atoms with Crippen LogP contribution in [0.15, 0.2) is 29.6 Å². The van der Waals surface area contributed by atoms with Gasteiger partial charge in [-0.2, -0.15) is 0 Å². The van der Waals surface area contributed by atoms with Crippen molar-refractivity contribution in [1.82, 2.24) is 5.43 Å². The third-order valence-corrected chi connectivity index (χ3v) is 4.08. The molecule has 3 N–H and O–H groups in total. The van der Waals surface area contributed by atoms with Gasteiger partial charge in [0.25, 0.3) is 0 Å². The van der Waals surface area contributed by atoms with Crippen LogP contribution in [0.3, 0.4) is 0 Å². The third kappa shape index (κ3) is 2.72. The molecule has 0 radical (unpaired) electrons. The first-order chi connectivity index (χ1) is 8.63. The Morgan fingerprint density at radius 1 is 1.44 bits per heavy atom. The van der Waals surface area contributed by atoms with Crippen LogP contribution in [-0.4, -0.2) is 0 Å². The zero-order valence-electron chi connectivity index (χ0n) is 9.91.